The van der Waals surface area contributed by atoms with Crippen LogP contribution in [-0.4, -0.2) is 49.1 Å². The van der Waals surface area contributed by atoms with Gasteiger partial charge in [-0.15, -0.1) is 0 Å². The van der Waals surface area contributed by atoms with Crippen LogP contribution in [0.15, 0.2) is 85.2 Å². The third-order valence-electron chi connectivity index (χ3n) is 7.85. The summed E-state index contributed by atoms with van der Waals surface area (Å²) in [5.41, 5.74) is 14.3. The average molecular weight is 728 g/mol. The first-order valence-corrected chi connectivity index (χ1v) is 16.4. The summed E-state index contributed by atoms with van der Waals surface area (Å²) >= 11 is 12.2. The number of rotatable bonds is 12. The van der Waals surface area contributed by atoms with E-state index in [0.717, 1.165) is 0 Å². The van der Waals surface area contributed by atoms with E-state index in [2.05, 4.69) is 20.6 Å². The van der Waals surface area contributed by atoms with Crippen molar-refractivity contribution >= 4 is 68.2 Å². The summed E-state index contributed by atoms with van der Waals surface area (Å²) in [7, 11) is 2.95. The monoisotopic (exact) mass is 726 g/mol. The Balaban J connectivity index is 1.11. The average Bonchev–Trinajstić information content (AvgIpc) is 3.13. The molecular weight excluding hydrogens is 695 g/mol. The molecule has 6 aromatic rings. The molecule has 0 spiro atoms. The van der Waals surface area contributed by atoms with Crippen LogP contribution in [0.5, 0.6) is 34.5 Å². The summed E-state index contributed by atoms with van der Waals surface area (Å²) in [4.78, 5) is 35.5. The molecule has 0 aliphatic rings. The number of amides is 2. The van der Waals surface area contributed by atoms with Crippen LogP contribution >= 0.6 is 23.2 Å². The molecule has 0 radical (unpaired) electrons. The second-order valence-electron chi connectivity index (χ2n) is 11.2. The Morgan fingerprint density at radius 1 is 0.627 bits per heavy atom. The fraction of sp³-hybridized carbons (Fsp3) is 0.135. The van der Waals surface area contributed by atoms with Gasteiger partial charge in [-0.1, -0.05) is 23.2 Å². The molecule has 0 unspecified atom stereocenters. The Morgan fingerprint density at radius 2 is 1.14 bits per heavy atom. The van der Waals surface area contributed by atoms with Crippen molar-refractivity contribution in [2.45, 2.75) is 6.42 Å². The number of methoxy groups -OCH3 is 2. The Bertz CT molecular complexity index is 2130. The van der Waals surface area contributed by atoms with Crippen molar-refractivity contribution in [1.82, 2.24) is 20.6 Å². The van der Waals surface area contributed by atoms with Gasteiger partial charge in [0.2, 0.25) is 0 Å². The van der Waals surface area contributed by atoms with Crippen molar-refractivity contribution in [3.05, 3.63) is 106 Å². The van der Waals surface area contributed by atoms with E-state index in [1.807, 2.05) is 0 Å². The molecule has 6 N–H and O–H groups in total. The molecule has 14 heteroatoms. The zero-order valence-electron chi connectivity index (χ0n) is 27.5. The van der Waals surface area contributed by atoms with Gasteiger partial charge in [-0.2, -0.15) is 0 Å². The van der Waals surface area contributed by atoms with Crippen molar-refractivity contribution in [2.24, 2.45) is 0 Å². The van der Waals surface area contributed by atoms with E-state index < -0.39 is 0 Å². The SMILES string of the molecule is COc1cc2nccc(Oc3ccc(Cl)c(N)c3)c2cc1C(=O)NCCCNC(=O)c1cc2c(Oc3ccc(N)c(Cl)c3)ccnc2cc1OC. The first kappa shape index (κ1) is 34.9. The zero-order valence-corrected chi connectivity index (χ0v) is 29.0. The summed E-state index contributed by atoms with van der Waals surface area (Å²) in [6, 6.07) is 19.9. The first-order valence-electron chi connectivity index (χ1n) is 15.6. The molecule has 0 aliphatic carbocycles. The van der Waals surface area contributed by atoms with E-state index in [0.29, 0.717) is 84.1 Å². The number of pyridine rings is 2. The summed E-state index contributed by atoms with van der Waals surface area (Å²) in [5, 5.41) is 7.74. The van der Waals surface area contributed by atoms with Crippen LogP contribution in [0.3, 0.4) is 0 Å². The van der Waals surface area contributed by atoms with Crippen molar-refractivity contribution < 1.29 is 28.5 Å². The predicted octanol–water partition coefficient (Wildman–Crippen LogP) is 7.41. The lowest BCUT2D eigenvalue weighted by Crippen LogP contribution is -2.30. The van der Waals surface area contributed by atoms with Gasteiger partial charge in [0.05, 0.1) is 57.8 Å². The molecule has 51 heavy (non-hydrogen) atoms. The maximum absolute atomic E-state index is 13.3. The van der Waals surface area contributed by atoms with E-state index in [9.17, 15) is 9.59 Å². The number of anilines is 2. The van der Waals surface area contributed by atoms with Gasteiger partial charge in [0, 0.05) is 60.5 Å². The molecule has 4 aromatic carbocycles. The third kappa shape index (κ3) is 7.77. The van der Waals surface area contributed by atoms with Crippen molar-refractivity contribution in [2.75, 3.05) is 38.8 Å². The summed E-state index contributed by atoms with van der Waals surface area (Å²) < 4.78 is 23.2. The largest absolute Gasteiger partial charge is 0.496 e. The number of nitrogens with one attached hydrogen (secondary N) is 2. The molecule has 260 valence electrons. The second-order valence-corrected chi connectivity index (χ2v) is 12.0. The molecule has 0 saturated heterocycles. The Labute approximate surface area is 302 Å². The number of nitrogens with two attached hydrogens (primary N) is 2. The molecule has 2 aromatic heterocycles. The minimum Gasteiger partial charge on any atom is -0.496 e. The standard InChI is InChI=1S/C37H32Cl2N6O6/c1-48-34-18-30-22(32(8-12-42-30)50-20-5-7-28(40)27(39)14-20)16-24(34)36(46)44-10-3-11-45-37(47)25-17-23-31(19-35(25)49-2)43-13-9-33(23)51-21-4-6-26(38)29(41)15-21/h4-9,12-19H,3,10-11,40-41H2,1-2H3,(H,44,46)(H,45,47). The number of carbonyl (C=O) groups excluding carboxylic acids is 2. The lowest BCUT2D eigenvalue weighted by Gasteiger charge is -2.14. The van der Waals surface area contributed by atoms with Gasteiger partial charge < -0.3 is 41.0 Å². The fourth-order valence-electron chi connectivity index (χ4n) is 5.26. The van der Waals surface area contributed by atoms with E-state index in [1.165, 1.54) is 14.2 Å². The molecule has 2 amide bonds. The van der Waals surface area contributed by atoms with Gasteiger partial charge in [-0.25, -0.2) is 0 Å². The number of nitrogen functional groups attached to an aromatic ring is 2. The van der Waals surface area contributed by atoms with Crippen LogP contribution in [0, 0.1) is 0 Å². The number of nitrogens with zero attached hydrogens (tertiary/aromatic N) is 2. The fourth-order valence-corrected chi connectivity index (χ4v) is 5.55. The highest BCUT2D eigenvalue weighted by Gasteiger charge is 2.19. The number of hydrogen-bond donors (Lipinski definition) is 4. The smallest absolute Gasteiger partial charge is 0.255 e. The molecule has 2 heterocycles. The number of aromatic nitrogens is 2. The number of benzene rings is 4. The lowest BCUT2D eigenvalue weighted by molar-refractivity contribution is 0.0949. The van der Waals surface area contributed by atoms with Crippen LogP contribution < -0.4 is 41.0 Å². The van der Waals surface area contributed by atoms with Crippen LogP contribution in [-0.2, 0) is 0 Å². The Hall–Kier alpha value is -5.98. The van der Waals surface area contributed by atoms with Crippen molar-refractivity contribution in [3.63, 3.8) is 0 Å². The Morgan fingerprint density at radius 3 is 1.63 bits per heavy atom. The molecule has 12 nitrogen and oxygen atoms in total. The maximum Gasteiger partial charge on any atom is 0.255 e. The number of ether oxygens (including phenoxy) is 4. The molecule has 0 atom stereocenters. The summed E-state index contributed by atoms with van der Waals surface area (Å²) in [6.07, 6.45) is 3.63. The van der Waals surface area contributed by atoms with Crippen LogP contribution in [0.1, 0.15) is 27.1 Å². The van der Waals surface area contributed by atoms with Crippen LogP contribution in [0.4, 0.5) is 11.4 Å². The maximum atomic E-state index is 13.3. The molecule has 0 bridgehead atoms. The van der Waals surface area contributed by atoms with Crippen LogP contribution in [0.25, 0.3) is 21.8 Å². The molecule has 0 aliphatic heterocycles. The number of fused-ring (bicyclic) bond motifs is 2. The molecule has 6 rings (SSSR count). The van der Waals surface area contributed by atoms with E-state index in [4.69, 9.17) is 53.6 Å². The molecule has 0 fully saturated rings. The van der Waals surface area contributed by atoms with E-state index in [-0.39, 0.29) is 36.0 Å². The normalized spacial score (nSPS) is 10.9. The highest BCUT2D eigenvalue weighted by Crippen LogP contribution is 2.36. The van der Waals surface area contributed by atoms with Gasteiger partial charge in [-0.3, -0.25) is 19.6 Å². The minimum atomic E-state index is -0.371. The van der Waals surface area contributed by atoms with Gasteiger partial charge in [0.15, 0.2) is 0 Å². The lowest BCUT2D eigenvalue weighted by atomic mass is 10.1. The summed E-state index contributed by atoms with van der Waals surface area (Å²) in [5.74, 6) is 1.82. The zero-order chi connectivity index (χ0) is 36.1. The van der Waals surface area contributed by atoms with E-state index in [1.54, 1.807) is 85.2 Å². The van der Waals surface area contributed by atoms with Crippen molar-refractivity contribution in [1.29, 1.82) is 0 Å². The van der Waals surface area contributed by atoms with Gasteiger partial charge >= 0.3 is 0 Å². The topological polar surface area (TPSA) is 173 Å². The first-order chi connectivity index (χ1) is 24.6. The third-order valence-corrected chi connectivity index (χ3v) is 8.53. The molecular formula is C37H32Cl2N6O6. The van der Waals surface area contributed by atoms with Crippen molar-refractivity contribution in [3.8, 4) is 34.5 Å². The predicted molar refractivity (Wildman–Crippen MR) is 198 cm³/mol. The van der Waals surface area contributed by atoms with E-state index >= 15 is 0 Å². The quantitative estimate of drug-likeness (QED) is 0.0735. The second kappa shape index (κ2) is 15.3. The molecule has 0 saturated carbocycles. The van der Waals surface area contributed by atoms with Gasteiger partial charge in [0.1, 0.15) is 34.5 Å². The number of halogens is 2. The van der Waals surface area contributed by atoms with Gasteiger partial charge in [0.25, 0.3) is 11.8 Å². The number of carbonyl (C=O) groups is 2. The Kier molecular flexibility index (Phi) is 10.4. The number of hydrogen-bond acceptors (Lipinski definition) is 10. The summed E-state index contributed by atoms with van der Waals surface area (Å²) in [6.45, 7) is 0.531. The highest BCUT2D eigenvalue weighted by atomic mass is 35.5. The minimum absolute atomic E-state index is 0.266. The van der Waals surface area contributed by atoms with Gasteiger partial charge in [-0.05, 0) is 55.0 Å². The van der Waals surface area contributed by atoms with Crippen LogP contribution in [0.2, 0.25) is 10.0 Å². The highest BCUT2D eigenvalue weighted by molar-refractivity contribution is 6.33.